The van der Waals surface area contributed by atoms with Crippen LogP contribution in [0.4, 0.5) is 0 Å². The highest BCUT2D eigenvalue weighted by molar-refractivity contribution is 6.32. The molecule has 1 aliphatic carbocycles. The summed E-state index contributed by atoms with van der Waals surface area (Å²) in [6, 6.07) is 3.61. The summed E-state index contributed by atoms with van der Waals surface area (Å²) in [4.78, 5) is 30.7. The van der Waals surface area contributed by atoms with Crippen molar-refractivity contribution in [3.8, 4) is 11.4 Å². The van der Waals surface area contributed by atoms with Gasteiger partial charge in [-0.25, -0.2) is 9.78 Å². The molecule has 164 valence electrons. The van der Waals surface area contributed by atoms with E-state index in [0.29, 0.717) is 40.6 Å². The van der Waals surface area contributed by atoms with Crippen LogP contribution in [0.5, 0.6) is 0 Å². The molecule has 0 saturated heterocycles. The number of nitrogens with zero attached hydrogens (tertiary/aromatic N) is 2. The smallest absolute Gasteiger partial charge is 0.343 e. The maximum atomic E-state index is 13.4. The lowest BCUT2D eigenvalue weighted by Crippen LogP contribution is -2.44. The third-order valence-electron chi connectivity index (χ3n) is 7.32. The molecule has 2 aromatic heterocycles. The fourth-order valence-corrected chi connectivity index (χ4v) is 5.95. The maximum Gasteiger partial charge on any atom is 0.343 e. The number of carbonyl (C=O) groups is 1. The van der Waals surface area contributed by atoms with E-state index in [2.05, 4.69) is 0 Å². The largest absolute Gasteiger partial charge is 0.458 e. The highest BCUT2D eigenvalue weighted by Gasteiger charge is 2.45. The fourth-order valence-electron chi connectivity index (χ4n) is 5.64. The molecule has 0 unspecified atom stereocenters. The summed E-state index contributed by atoms with van der Waals surface area (Å²) in [5, 5.41) is 12.8. The lowest BCUT2D eigenvalue weighted by molar-refractivity contribution is -0.172. The first-order chi connectivity index (χ1) is 15.4. The van der Waals surface area contributed by atoms with Crippen molar-refractivity contribution in [3.63, 3.8) is 0 Å². The van der Waals surface area contributed by atoms with E-state index in [4.69, 9.17) is 27.1 Å². The number of aliphatic hydroxyl groups is 1. The highest BCUT2D eigenvalue weighted by Crippen LogP contribution is 2.43. The van der Waals surface area contributed by atoms with Crippen molar-refractivity contribution in [1.29, 1.82) is 0 Å². The maximum absolute atomic E-state index is 13.4. The van der Waals surface area contributed by atoms with Crippen LogP contribution in [0.15, 0.2) is 16.9 Å². The molecule has 1 atom stereocenters. The van der Waals surface area contributed by atoms with Gasteiger partial charge in [-0.1, -0.05) is 18.5 Å². The standard InChI is InChI=1S/C24H22ClN3O4/c1-2-24(31)16-6-19-21-14(9-28(19)22(29)15(16)10-32-23(24)30)13(8-26)20-12-5-3-4-11(12)17(25)7-18(20)27-21/h6-7,31H,2-5,8-10,26H2,1H3/t24-/m0/s1. The van der Waals surface area contributed by atoms with Crippen molar-refractivity contribution in [2.75, 3.05) is 0 Å². The number of cyclic esters (lactones) is 1. The molecular formula is C24H22ClN3O4. The third kappa shape index (κ3) is 2.36. The van der Waals surface area contributed by atoms with Gasteiger partial charge in [-0.3, -0.25) is 4.79 Å². The number of hydrogen-bond acceptors (Lipinski definition) is 6. The second kappa shape index (κ2) is 6.63. The Morgan fingerprint density at radius 3 is 2.75 bits per heavy atom. The van der Waals surface area contributed by atoms with E-state index in [-0.39, 0.29) is 18.6 Å². The minimum Gasteiger partial charge on any atom is -0.458 e. The summed E-state index contributed by atoms with van der Waals surface area (Å²) in [6.45, 7) is 2.21. The molecule has 3 aliphatic rings. The molecule has 0 bridgehead atoms. The number of hydrogen-bond donors (Lipinski definition) is 2. The molecule has 4 heterocycles. The van der Waals surface area contributed by atoms with Crippen LogP contribution in [0, 0.1) is 0 Å². The molecule has 7 nitrogen and oxygen atoms in total. The van der Waals surface area contributed by atoms with Crippen LogP contribution in [0.2, 0.25) is 5.02 Å². The summed E-state index contributed by atoms with van der Waals surface area (Å²) in [6.07, 6.45) is 3.03. The second-order valence-corrected chi connectivity index (χ2v) is 9.20. The first-order valence-corrected chi connectivity index (χ1v) is 11.3. The van der Waals surface area contributed by atoms with Gasteiger partial charge in [-0.2, -0.15) is 0 Å². The zero-order valence-electron chi connectivity index (χ0n) is 17.6. The van der Waals surface area contributed by atoms with Gasteiger partial charge in [0.25, 0.3) is 5.56 Å². The van der Waals surface area contributed by atoms with Gasteiger partial charge in [0.2, 0.25) is 0 Å². The van der Waals surface area contributed by atoms with E-state index in [1.807, 2.05) is 6.07 Å². The van der Waals surface area contributed by atoms with E-state index in [1.54, 1.807) is 17.6 Å². The summed E-state index contributed by atoms with van der Waals surface area (Å²) >= 11 is 6.58. The normalized spacial score (nSPS) is 20.7. The molecule has 0 spiro atoms. The van der Waals surface area contributed by atoms with Gasteiger partial charge >= 0.3 is 5.97 Å². The van der Waals surface area contributed by atoms with E-state index < -0.39 is 11.6 Å². The average Bonchev–Trinajstić information content (AvgIpc) is 3.41. The van der Waals surface area contributed by atoms with Gasteiger partial charge in [0.15, 0.2) is 5.60 Å². The van der Waals surface area contributed by atoms with Crippen LogP contribution in [0.25, 0.3) is 22.3 Å². The van der Waals surface area contributed by atoms with Crippen molar-refractivity contribution in [2.24, 2.45) is 5.73 Å². The Morgan fingerprint density at radius 2 is 2.00 bits per heavy atom. The number of pyridine rings is 2. The van der Waals surface area contributed by atoms with Crippen molar-refractivity contribution in [1.82, 2.24) is 9.55 Å². The summed E-state index contributed by atoms with van der Waals surface area (Å²) in [5.74, 6) is -0.730. The Labute approximate surface area is 188 Å². The molecule has 3 N–H and O–H groups in total. The van der Waals surface area contributed by atoms with Crippen molar-refractivity contribution >= 4 is 28.5 Å². The predicted octanol–water partition coefficient (Wildman–Crippen LogP) is 2.68. The quantitative estimate of drug-likeness (QED) is 0.454. The zero-order chi connectivity index (χ0) is 22.4. The predicted molar refractivity (Wildman–Crippen MR) is 119 cm³/mol. The number of benzene rings is 1. The van der Waals surface area contributed by atoms with Crippen LogP contribution >= 0.6 is 11.6 Å². The molecule has 3 aromatic rings. The fraction of sp³-hybridized carbons (Fsp3) is 0.375. The number of aromatic nitrogens is 2. The number of carbonyl (C=O) groups excluding carboxylic acids is 1. The molecule has 0 fully saturated rings. The topological polar surface area (TPSA) is 107 Å². The zero-order valence-corrected chi connectivity index (χ0v) is 18.4. The number of aryl methyl sites for hydroxylation is 1. The van der Waals surface area contributed by atoms with Gasteiger partial charge in [0.1, 0.15) is 6.61 Å². The van der Waals surface area contributed by atoms with Gasteiger partial charge in [-0.15, -0.1) is 0 Å². The van der Waals surface area contributed by atoms with Crippen molar-refractivity contribution in [2.45, 2.75) is 57.9 Å². The van der Waals surface area contributed by atoms with Crippen LogP contribution in [-0.4, -0.2) is 20.6 Å². The molecule has 0 saturated carbocycles. The Hall–Kier alpha value is -2.74. The molecule has 1 aromatic carbocycles. The van der Waals surface area contributed by atoms with E-state index >= 15 is 0 Å². The van der Waals surface area contributed by atoms with Crippen LogP contribution < -0.4 is 11.3 Å². The van der Waals surface area contributed by atoms with Crippen LogP contribution in [0.1, 0.15) is 53.1 Å². The second-order valence-electron chi connectivity index (χ2n) is 8.79. The minimum absolute atomic E-state index is 0.107. The average molecular weight is 452 g/mol. The number of halogens is 1. The number of nitrogens with two attached hydrogens (primary N) is 1. The lowest BCUT2D eigenvalue weighted by atomic mass is 9.86. The molecular weight excluding hydrogens is 430 g/mol. The Morgan fingerprint density at radius 1 is 1.22 bits per heavy atom. The summed E-state index contributed by atoms with van der Waals surface area (Å²) < 4.78 is 6.79. The van der Waals surface area contributed by atoms with E-state index in [0.717, 1.165) is 41.3 Å². The Kier molecular flexibility index (Phi) is 4.13. The van der Waals surface area contributed by atoms with Gasteiger partial charge in [0, 0.05) is 28.1 Å². The summed E-state index contributed by atoms with van der Waals surface area (Å²) in [7, 11) is 0. The monoisotopic (exact) mass is 451 g/mol. The molecule has 0 amide bonds. The van der Waals surface area contributed by atoms with Crippen LogP contribution in [0.3, 0.4) is 0 Å². The first-order valence-electron chi connectivity index (χ1n) is 10.9. The number of fused-ring (bicyclic) bond motifs is 7. The SMILES string of the molecule is CC[C@@]1(O)C(=O)OCc2c1cc1n(c2=O)Cc2c-1nc1cc(Cl)c3c(c1c2CN)CCC3. The van der Waals surface area contributed by atoms with Gasteiger partial charge in [-0.05, 0) is 54.5 Å². The minimum atomic E-state index is -1.84. The van der Waals surface area contributed by atoms with Gasteiger partial charge < -0.3 is 20.1 Å². The number of rotatable bonds is 2. The number of ether oxygens (including phenoxy) is 1. The molecule has 2 aliphatic heterocycles. The van der Waals surface area contributed by atoms with Crippen molar-refractivity contribution in [3.05, 3.63) is 60.9 Å². The Balaban J connectivity index is 1.68. The highest BCUT2D eigenvalue weighted by atomic mass is 35.5. The van der Waals surface area contributed by atoms with Crippen molar-refractivity contribution < 1.29 is 14.6 Å². The Bertz CT molecular complexity index is 1430. The third-order valence-corrected chi connectivity index (χ3v) is 7.65. The molecule has 6 rings (SSSR count). The first kappa shape index (κ1) is 19.9. The lowest BCUT2D eigenvalue weighted by Gasteiger charge is -2.31. The summed E-state index contributed by atoms with van der Waals surface area (Å²) in [5.41, 5.74) is 11.0. The van der Waals surface area contributed by atoms with E-state index in [9.17, 15) is 14.7 Å². The van der Waals surface area contributed by atoms with Crippen LogP contribution in [-0.2, 0) is 47.7 Å². The molecule has 0 radical (unpaired) electrons. The van der Waals surface area contributed by atoms with E-state index in [1.165, 1.54) is 11.1 Å². The number of esters is 1. The van der Waals surface area contributed by atoms with Gasteiger partial charge in [0.05, 0.1) is 29.0 Å². The molecule has 32 heavy (non-hydrogen) atoms. The molecule has 8 heteroatoms.